The zero-order valence-electron chi connectivity index (χ0n) is 5.45. The quantitative estimate of drug-likeness (QED) is 0.464. The van der Waals surface area contributed by atoms with Crippen molar-refractivity contribution in [3.8, 4) is 0 Å². The van der Waals surface area contributed by atoms with Crippen LogP contribution in [0.15, 0.2) is 4.99 Å². The Morgan fingerprint density at radius 3 is 2.25 bits per heavy atom. The van der Waals surface area contributed by atoms with Crippen LogP contribution in [0.2, 0.25) is 0 Å². The number of hydrogen-bond donors (Lipinski definition) is 0. The number of rotatable bonds is 3. The first-order valence-electron chi connectivity index (χ1n) is 2.67. The minimum atomic E-state index is 0.230. The van der Waals surface area contributed by atoms with E-state index in [-0.39, 0.29) is 4.32 Å². The van der Waals surface area contributed by atoms with Gasteiger partial charge in [0.25, 0.3) is 0 Å². The van der Waals surface area contributed by atoms with E-state index < -0.39 is 0 Å². The van der Waals surface area contributed by atoms with Gasteiger partial charge >= 0.3 is 0 Å². The number of halogens is 1. The first-order chi connectivity index (χ1) is 3.56. The molecule has 0 radical (unpaired) electrons. The summed E-state index contributed by atoms with van der Waals surface area (Å²) >= 11 is 3.49. The molecule has 48 valence electrons. The van der Waals surface area contributed by atoms with Crippen LogP contribution in [0.4, 0.5) is 0 Å². The van der Waals surface area contributed by atoms with Gasteiger partial charge in [0.1, 0.15) is 0 Å². The number of aliphatic imine (C=N–C) groups is 1. The molecule has 0 bridgehead atoms. The van der Waals surface area contributed by atoms with Crippen LogP contribution in [0.1, 0.15) is 20.3 Å². The molecule has 0 unspecified atom stereocenters. The summed E-state index contributed by atoms with van der Waals surface area (Å²) in [6, 6.07) is 0. The van der Waals surface area contributed by atoms with E-state index in [1.165, 1.54) is 0 Å². The predicted octanol–water partition coefficient (Wildman–Crippen LogP) is 2.25. The molecule has 0 atom stereocenters. The second kappa shape index (κ2) is 3.23. The number of alkyl halides is 1. The average Bonchev–Trinajstić information content (AvgIpc) is 1.59. The fraction of sp³-hybridized carbons (Fsp3) is 0.833. The van der Waals surface area contributed by atoms with Crippen LogP contribution in [0.5, 0.6) is 0 Å². The third-order valence-electron chi connectivity index (χ3n) is 0.864. The molecule has 0 saturated heterocycles. The summed E-state index contributed by atoms with van der Waals surface area (Å²) in [5, 5.41) is 0. The molecule has 1 nitrogen and oxygen atoms in total. The molecule has 0 aliphatic heterocycles. The minimum absolute atomic E-state index is 0.230. The monoisotopic (exact) mass is 177 g/mol. The van der Waals surface area contributed by atoms with Gasteiger partial charge in [0.15, 0.2) is 0 Å². The van der Waals surface area contributed by atoms with Gasteiger partial charge in [-0.2, -0.15) is 0 Å². The third-order valence-corrected chi connectivity index (χ3v) is 1.26. The Hall–Kier alpha value is 0.150. The first-order valence-corrected chi connectivity index (χ1v) is 3.47. The van der Waals surface area contributed by atoms with E-state index in [1.54, 1.807) is 0 Å². The van der Waals surface area contributed by atoms with E-state index in [1.807, 2.05) is 0 Å². The Kier molecular flexibility index (Phi) is 3.29. The molecule has 0 aromatic rings. The first kappa shape index (κ1) is 8.15. The summed E-state index contributed by atoms with van der Waals surface area (Å²) in [7, 11) is 0. The molecule has 0 rings (SSSR count). The van der Waals surface area contributed by atoms with Gasteiger partial charge in [-0.15, -0.1) is 0 Å². The summed E-state index contributed by atoms with van der Waals surface area (Å²) in [4.78, 5) is 3.74. The maximum atomic E-state index is 3.74. The summed E-state index contributed by atoms with van der Waals surface area (Å²) in [5.41, 5.74) is 0. The van der Waals surface area contributed by atoms with E-state index in [0.29, 0.717) is 0 Å². The molecular formula is C6H12BrN. The topological polar surface area (TPSA) is 12.4 Å². The minimum Gasteiger partial charge on any atom is -0.301 e. The lowest BCUT2D eigenvalue weighted by Gasteiger charge is -2.12. The van der Waals surface area contributed by atoms with Crippen molar-refractivity contribution < 1.29 is 0 Å². The molecule has 0 aromatic carbocycles. The molecule has 0 N–H and O–H groups in total. The van der Waals surface area contributed by atoms with Crippen molar-refractivity contribution in [2.75, 3.05) is 6.54 Å². The van der Waals surface area contributed by atoms with Crippen molar-refractivity contribution in [2.24, 2.45) is 4.99 Å². The molecule has 0 saturated carbocycles. The molecule has 2 heteroatoms. The van der Waals surface area contributed by atoms with Crippen LogP contribution in [-0.4, -0.2) is 17.6 Å². The maximum Gasteiger partial charge on any atom is 0.0395 e. The maximum absolute atomic E-state index is 3.74. The lowest BCUT2D eigenvalue weighted by Crippen LogP contribution is -2.09. The molecule has 0 spiro atoms. The van der Waals surface area contributed by atoms with E-state index in [2.05, 4.69) is 41.5 Å². The van der Waals surface area contributed by atoms with E-state index in [4.69, 9.17) is 0 Å². The van der Waals surface area contributed by atoms with Crippen LogP contribution in [0.3, 0.4) is 0 Å². The molecule has 0 fully saturated rings. The van der Waals surface area contributed by atoms with E-state index in [0.717, 1.165) is 13.0 Å². The zero-order chi connectivity index (χ0) is 6.62. The van der Waals surface area contributed by atoms with Crippen LogP contribution in [0, 0.1) is 0 Å². The SMILES string of the molecule is C=NCCC(C)(C)Br. The molecule has 0 amide bonds. The molecule has 0 aliphatic rings. The zero-order valence-corrected chi connectivity index (χ0v) is 7.03. The smallest absolute Gasteiger partial charge is 0.0395 e. The predicted molar refractivity (Wildman–Crippen MR) is 42.0 cm³/mol. The van der Waals surface area contributed by atoms with Crippen LogP contribution < -0.4 is 0 Å². The Labute approximate surface area is 59.3 Å². The highest BCUT2D eigenvalue weighted by atomic mass is 79.9. The Balaban J connectivity index is 3.24. The highest BCUT2D eigenvalue weighted by Gasteiger charge is 2.09. The molecule has 8 heavy (non-hydrogen) atoms. The van der Waals surface area contributed by atoms with Crippen molar-refractivity contribution >= 4 is 22.6 Å². The number of hydrogen-bond acceptors (Lipinski definition) is 1. The van der Waals surface area contributed by atoms with Gasteiger partial charge in [0, 0.05) is 10.9 Å². The molecular weight excluding hydrogens is 166 g/mol. The van der Waals surface area contributed by atoms with E-state index in [9.17, 15) is 0 Å². The highest BCUT2D eigenvalue weighted by Crippen LogP contribution is 2.19. The fourth-order valence-corrected chi connectivity index (χ4v) is 0.522. The second-order valence-electron chi connectivity index (χ2n) is 2.42. The Bertz CT molecular complexity index is 73.1. The van der Waals surface area contributed by atoms with Gasteiger partial charge in [0.2, 0.25) is 0 Å². The van der Waals surface area contributed by atoms with Crippen LogP contribution in [-0.2, 0) is 0 Å². The van der Waals surface area contributed by atoms with Crippen molar-refractivity contribution in [2.45, 2.75) is 24.6 Å². The molecule has 0 heterocycles. The Morgan fingerprint density at radius 2 is 2.12 bits per heavy atom. The Morgan fingerprint density at radius 1 is 1.62 bits per heavy atom. The van der Waals surface area contributed by atoms with Gasteiger partial charge in [-0.25, -0.2) is 0 Å². The second-order valence-corrected chi connectivity index (χ2v) is 4.56. The summed E-state index contributed by atoms with van der Waals surface area (Å²) in [6.07, 6.45) is 1.05. The van der Waals surface area contributed by atoms with Gasteiger partial charge in [-0.05, 0) is 27.0 Å². The van der Waals surface area contributed by atoms with Crippen LogP contribution in [0.25, 0.3) is 0 Å². The summed E-state index contributed by atoms with van der Waals surface area (Å²) in [6.45, 7) is 8.48. The lowest BCUT2D eigenvalue weighted by atomic mass is 10.1. The summed E-state index contributed by atoms with van der Waals surface area (Å²) in [5.74, 6) is 0. The number of nitrogens with zero attached hydrogens (tertiary/aromatic N) is 1. The third kappa shape index (κ3) is 6.15. The largest absolute Gasteiger partial charge is 0.301 e. The van der Waals surface area contributed by atoms with Gasteiger partial charge in [-0.1, -0.05) is 15.9 Å². The average molecular weight is 178 g/mol. The van der Waals surface area contributed by atoms with E-state index >= 15 is 0 Å². The summed E-state index contributed by atoms with van der Waals surface area (Å²) < 4.78 is 0.230. The van der Waals surface area contributed by atoms with Gasteiger partial charge < -0.3 is 4.99 Å². The van der Waals surface area contributed by atoms with Crippen molar-refractivity contribution in [3.63, 3.8) is 0 Å². The normalized spacial score (nSPS) is 11.4. The highest BCUT2D eigenvalue weighted by molar-refractivity contribution is 9.10. The van der Waals surface area contributed by atoms with Crippen molar-refractivity contribution in [3.05, 3.63) is 0 Å². The van der Waals surface area contributed by atoms with Gasteiger partial charge in [-0.3, -0.25) is 0 Å². The fourth-order valence-electron chi connectivity index (χ4n) is 0.345. The molecule has 0 aliphatic carbocycles. The standard InChI is InChI=1S/C6H12BrN/c1-6(2,7)4-5-8-3/h3-5H2,1-2H3. The van der Waals surface area contributed by atoms with Crippen molar-refractivity contribution in [1.82, 2.24) is 0 Å². The lowest BCUT2D eigenvalue weighted by molar-refractivity contribution is 0.665. The van der Waals surface area contributed by atoms with Gasteiger partial charge in [0.05, 0.1) is 0 Å². The molecule has 0 aromatic heterocycles. The van der Waals surface area contributed by atoms with Crippen LogP contribution >= 0.6 is 15.9 Å². The van der Waals surface area contributed by atoms with Crippen molar-refractivity contribution in [1.29, 1.82) is 0 Å².